The van der Waals surface area contributed by atoms with E-state index >= 15 is 0 Å². The van der Waals surface area contributed by atoms with Gasteiger partial charge in [0.05, 0.1) is 22.1 Å². The van der Waals surface area contributed by atoms with Crippen LogP contribution >= 0.6 is 0 Å². The van der Waals surface area contributed by atoms with Gasteiger partial charge in [-0.2, -0.15) is 0 Å². The zero-order chi connectivity index (χ0) is 30.2. The van der Waals surface area contributed by atoms with E-state index in [1.54, 1.807) is 0 Å². The Kier molecular flexibility index (Phi) is 5.34. The van der Waals surface area contributed by atoms with Crippen LogP contribution in [0.3, 0.4) is 0 Å². The molecular weight excluding hydrogens is 558 g/mol. The van der Waals surface area contributed by atoms with Crippen molar-refractivity contribution in [3.8, 4) is 11.4 Å². The predicted octanol–water partition coefficient (Wildman–Crippen LogP) is 11.3. The molecule has 0 aliphatic carbocycles. The van der Waals surface area contributed by atoms with Crippen molar-refractivity contribution < 1.29 is 0 Å². The van der Waals surface area contributed by atoms with Gasteiger partial charge >= 0.3 is 0 Å². The van der Waals surface area contributed by atoms with E-state index in [4.69, 9.17) is 0 Å². The summed E-state index contributed by atoms with van der Waals surface area (Å²) in [4.78, 5) is 2.43. The molecule has 0 fully saturated rings. The maximum absolute atomic E-state index is 2.43. The third-order valence-corrected chi connectivity index (χ3v) is 9.69. The number of para-hydroxylation sites is 5. The lowest BCUT2D eigenvalue weighted by atomic mass is 9.95. The van der Waals surface area contributed by atoms with Crippen LogP contribution in [0.25, 0.3) is 55.0 Å². The molecule has 216 valence electrons. The van der Waals surface area contributed by atoms with Crippen molar-refractivity contribution in [3.63, 3.8) is 0 Å². The van der Waals surface area contributed by atoms with Gasteiger partial charge in [-0.1, -0.05) is 91.0 Å². The van der Waals surface area contributed by atoms with Crippen LogP contribution in [0.5, 0.6) is 0 Å². The first-order chi connectivity index (χ1) is 22.8. The smallest absolute Gasteiger partial charge is 0.0542 e. The van der Waals surface area contributed by atoms with Crippen LogP contribution in [-0.2, 0) is 6.42 Å². The molecule has 1 aliphatic rings. The van der Waals surface area contributed by atoms with E-state index in [1.165, 1.54) is 77.5 Å². The Labute approximate surface area is 266 Å². The van der Waals surface area contributed by atoms with Gasteiger partial charge in [0.25, 0.3) is 0 Å². The first-order valence-electron chi connectivity index (χ1n) is 15.9. The summed E-state index contributed by atoms with van der Waals surface area (Å²) < 4.78 is 4.81. The van der Waals surface area contributed by atoms with Crippen molar-refractivity contribution in [1.82, 2.24) is 9.13 Å². The Morgan fingerprint density at radius 2 is 0.783 bits per heavy atom. The average Bonchev–Trinajstić information content (AvgIpc) is 3.63. The van der Waals surface area contributed by atoms with Crippen LogP contribution in [-0.4, -0.2) is 9.13 Å². The summed E-state index contributed by atoms with van der Waals surface area (Å²) in [7, 11) is 0. The lowest BCUT2D eigenvalue weighted by Gasteiger charge is -2.33. The number of hydrogen-bond donors (Lipinski definition) is 0. The Bertz CT molecular complexity index is 2580. The minimum Gasteiger partial charge on any atom is -0.310 e. The van der Waals surface area contributed by atoms with E-state index < -0.39 is 0 Å². The molecule has 0 atom stereocenters. The lowest BCUT2D eigenvalue weighted by Crippen LogP contribution is -2.18. The SMILES string of the molecule is c1ccc(-n2c3ccccc3c3cc(-n4c5ccccc5c5cc(N6c7ccccc7Cc7ccccc76)ccc54)ccc32)cc1. The van der Waals surface area contributed by atoms with Crippen LogP contribution in [0.2, 0.25) is 0 Å². The number of fused-ring (bicyclic) bond motifs is 8. The summed E-state index contributed by atoms with van der Waals surface area (Å²) in [5.74, 6) is 0. The molecule has 0 bridgehead atoms. The average molecular weight is 588 g/mol. The van der Waals surface area contributed by atoms with Gasteiger partial charge in [-0.3, -0.25) is 0 Å². The zero-order valence-electron chi connectivity index (χ0n) is 25.1. The van der Waals surface area contributed by atoms with Crippen molar-refractivity contribution in [1.29, 1.82) is 0 Å². The highest BCUT2D eigenvalue weighted by Crippen LogP contribution is 2.45. The molecule has 2 aromatic heterocycles. The van der Waals surface area contributed by atoms with E-state index in [-0.39, 0.29) is 0 Å². The molecule has 3 heteroatoms. The number of benzene rings is 7. The Morgan fingerprint density at radius 1 is 0.326 bits per heavy atom. The van der Waals surface area contributed by atoms with Crippen molar-refractivity contribution in [2.75, 3.05) is 4.90 Å². The Morgan fingerprint density at radius 3 is 1.41 bits per heavy atom. The highest BCUT2D eigenvalue weighted by molar-refractivity contribution is 6.13. The minimum atomic E-state index is 0.952. The van der Waals surface area contributed by atoms with E-state index in [0.29, 0.717) is 0 Å². The summed E-state index contributed by atoms with van der Waals surface area (Å²) in [5.41, 5.74) is 13.6. The van der Waals surface area contributed by atoms with Gasteiger partial charge in [0.15, 0.2) is 0 Å². The first kappa shape index (κ1) is 25.3. The fourth-order valence-corrected chi connectivity index (χ4v) is 7.70. The maximum atomic E-state index is 2.43. The van der Waals surface area contributed by atoms with Gasteiger partial charge in [-0.15, -0.1) is 0 Å². The molecule has 10 rings (SSSR count). The molecule has 3 heterocycles. The van der Waals surface area contributed by atoms with Gasteiger partial charge in [-0.25, -0.2) is 0 Å². The number of rotatable bonds is 3. The van der Waals surface area contributed by atoms with Gasteiger partial charge in [0, 0.05) is 56.4 Å². The Balaban J connectivity index is 1.21. The van der Waals surface area contributed by atoms with E-state index in [9.17, 15) is 0 Å². The molecular formula is C43H29N3. The molecule has 0 N–H and O–H groups in total. The number of nitrogens with zero attached hydrogens (tertiary/aromatic N) is 3. The highest BCUT2D eigenvalue weighted by atomic mass is 15.2. The van der Waals surface area contributed by atoms with Gasteiger partial charge < -0.3 is 14.0 Å². The number of hydrogen-bond acceptors (Lipinski definition) is 1. The quantitative estimate of drug-likeness (QED) is 0.200. The third kappa shape index (κ3) is 3.60. The molecule has 1 aliphatic heterocycles. The maximum Gasteiger partial charge on any atom is 0.0542 e. The zero-order valence-corrected chi connectivity index (χ0v) is 25.1. The number of anilines is 3. The van der Waals surface area contributed by atoms with Crippen molar-refractivity contribution in [2.24, 2.45) is 0 Å². The second-order valence-electron chi connectivity index (χ2n) is 12.2. The molecule has 0 radical (unpaired) electrons. The topological polar surface area (TPSA) is 13.1 Å². The molecule has 0 saturated carbocycles. The third-order valence-electron chi connectivity index (χ3n) is 9.69. The van der Waals surface area contributed by atoms with Crippen molar-refractivity contribution in [2.45, 2.75) is 6.42 Å². The van der Waals surface area contributed by atoms with Gasteiger partial charge in [-0.05, 0) is 83.9 Å². The van der Waals surface area contributed by atoms with Crippen molar-refractivity contribution in [3.05, 3.63) is 175 Å². The highest BCUT2D eigenvalue weighted by Gasteiger charge is 2.24. The van der Waals surface area contributed by atoms with Crippen LogP contribution in [0, 0.1) is 0 Å². The fourth-order valence-electron chi connectivity index (χ4n) is 7.70. The second-order valence-corrected chi connectivity index (χ2v) is 12.2. The molecule has 0 saturated heterocycles. The summed E-state index contributed by atoms with van der Waals surface area (Å²) >= 11 is 0. The monoisotopic (exact) mass is 587 g/mol. The standard InChI is InChI=1S/C43H29N3/c1-2-14-31(15-3-1)44-40-20-10-6-16-34(40)36-28-33(23-24-42(36)44)46-41-21-11-7-17-35(41)37-27-32(22-25-43(37)46)45-38-18-8-4-12-29(38)26-30-13-5-9-19-39(30)45/h1-25,27-28H,26H2. The molecule has 0 unspecified atom stereocenters. The molecule has 9 aromatic rings. The Hall–Kier alpha value is -6.06. The van der Waals surface area contributed by atoms with Crippen LogP contribution in [0.1, 0.15) is 11.1 Å². The van der Waals surface area contributed by atoms with Crippen LogP contribution in [0.4, 0.5) is 17.1 Å². The molecule has 0 spiro atoms. The van der Waals surface area contributed by atoms with E-state index in [2.05, 4.69) is 178 Å². The molecule has 7 aromatic carbocycles. The van der Waals surface area contributed by atoms with E-state index in [0.717, 1.165) is 12.1 Å². The van der Waals surface area contributed by atoms with Crippen LogP contribution in [0.15, 0.2) is 164 Å². The van der Waals surface area contributed by atoms with Gasteiger partial charge in [0.1, 0.15) is 0 Å². The second kappa shape index (κ2) is 9.72. The minimum absolute atomic E-state index is 0.952. The van der Waals surface area contributed by atoms with Gasteiger partial charge in [0.2, 0.25) is 0 Å². The fraction of sp³-hybridized carbons (Fsp3) is 0.0233. The largest absolute Gasteiger partial charge is 0.310 e. The summed E-state index contributed by atoms with van der Waals surface area (Å²) in [6, 6.07) is 59.7. The molecule has 3 nitrogen and oxygen atoms in total. The van der Waals surface area contributed by atoms with Crippen LogP contribution < -0.4 is 4.90 Å². The summed E-state index contributed by atoms with van der Waals surface area (Å²) in [5, 5.41) is 5.01. The molecule has 46 heavy (non-hydrogen) atoms. The van der Waals surface area contributed by atoms with Crippen molar-refractivity contribution >= 4 is 60.7 Å². The lowest BCUT2D eigenvalue weighted by molar-refractivity contribution is 1.09. The molecule has 0 amide bonds. The number of aromatic nitrogens is 2. The van der Waals surface area contributed by atoms with E-state index in [1.807, 2.05) is 0 Å². The predicted molar refractivity (Wildman–Crippen MR) is 193 cm³/mol. The normalized spacial score (nSPS) is 12.7. The summed E-state index contributed by atoms with van der Waals surface area (Å²) in [6.45, 7) is 0. The summed E-state index contributed by atoms with van der Waals surface area (Å²) in [6.07, 6.45) is 0.952. The first-order valence-corrected chi connectivity index (χ1v) is 15.9.